The molecule has 1 unspecified atom stereocenters. The Balaban J connectivity index is 1.67. The summed E-state index contributed by atoms with van der Waals surface area (Å²) in [7, 11) is 0. The highest BCUT2D eigenvalue weighted by Gasteiger charge is 2.31. The zero-order chi connectivity index (χ0) is 22.3. The van der Waals surface area contributed by atoms with Crippen LogP contribution in [0.4, 0.5) is 18.9 Å². The van der Waals surface area contributed by atoms with Crippen LogP contribution in [0.5, 0.6) is 5.75 Å². The minimum absolute atomic E-state index is 0.0419. The summed E-state index contributed by atoms with van der Waals surface area (Å²) in [5, 5.41) is 2.80. The number of hydrogen-bond donors (Lipinski definition) is 2. The van der Waals surface area contributed by atoms with Gasteiger partial charge < -0.3 is 25.4 Å². The molecule has 1 amide bonds. The molecule has 3 N–H and O–H groups in total. The van der Waals surface area contributed by atoms with E-state index in [1.165, 1.54) is 12.1 Å². The predicted molar refractivity (Wildman–Crippen MR) is 110 cm³/mol. The number of morpholine rings is 1. The van der Waals surface area contributed by atoms with Gasteiger partial charge in [0, 0.05) is 18.8 Å². The van der Waals surface area contributed by atoms with E-state index in [1.54, 1.807) is 4.90 Å². The normalized spacial score (nSPS) is 16.0. The van der Waals surface area contributed by atoms with E-state index in [9.17, 15) is 18.0 Å². The van der Waals surface area contributed by atoms with Crippen LogP contribution in [0.1, 0.15) is 11.5 Å². The van der Waals surface area contributed by atoms with E-state index in [0.717, 1.165) is 17.7 Å². The minimum Gasteiger partial charge on any atom is -0.406 e. The first-order valence-corrected chi connectivity index (χ1v) is 9.66. The van der Waals surface area contributed by atoms with Crippen molar-refractivity contribution in [1.29, 1.82) is 0 Å². The maximum Gasteiger partial charge on any atom is 0.573 e. The number of nitrogens with two attached hydrogens (primary N) is 1. The predicted octanol–water partition coefficient (Wildman–Crippen LogP) is 2.95. The summed E-state index contributed by atoms with van der Waals surface area (Å²) in [6, 6.07) is 14.4. The van der Waals surface area contributed by atoms with Crippen LogP contribution >= 0.6 is 0 Å². The van der Waals surface area contributed by atoms with E-state index in [0.29, 0.717) is 32.0 Å². The average molecular weight is 436 g/mol. The molecule has 1 atom stereocenters. The standard InChI is InChI=1S/C21H23F3N4O3/c22-21(23,24)31-17-8-6-16(7-9-17)27-20(25)26-14-18(15-4-2-1-3-5-15)19(29)28-10-12-30-13-11-28/h1-9,18H,10-14H2,(H3,25,26,27). The minimum atomic E-state index is -4.76. The van der Waals surface area contributed by atoms with E-state index in [4.69, 9.17) is 10.5 Å². The van der Waals surface area contributed by atoms with Gasteiger partial charge in [0.2, 0.25) is 5.91 Å². The molecule has 2 aromatic carbocycles. The maximum atomic E-state index is 13.1. The van der Waals surface area contributed by atoms with Crippen LogP contribution in [-0.2, 0) is 9.53 Å². The van der Waals surface area contributed by atoms with Crippen LogP contribution in [0.3, 0.4) is 0 Å². The zero-order valence-corrected chi connectivity index (χ0v) is 16.6. The molecule has 2 aromatic rings. The Morgan fingerprint density at radius 1 is 1.13 bits per heavy atom. The first kappa shape index (κ1) is 22.4. The number of anilines is 1. The van der Waals surface area contributed by atoms with Gasteiger partial charge in [-0.2, -0.15) is 0 Å². The van der Waals surface area contributed by atoms with Crippen molar-refractivity contribution in [2.24, 2.45) is 10.7 Å². The number of carbonyl (C=O) groups is 1. The Labute approximate surface area is 177 Å². The third-order valence-electron chi connectivity index (χ3n) is 4.63. The van der Waals surface area contributed by atoms with Gasteiger partial charge in [-0.1, -0.05) is 30.3 Å². The lowest BCUT2D eigenvalue weighted by Crippen LogP contribution is -2.43. The van der Waals surface area contributed by atoms with Crippen LogP contribution in [0.2, 0.25) is 0 Å². The van der Waals surface area contributed by atoms with E-state index in [2.05, 4.69) is 15.0 Å². The summed E-state index contributed by atoms with van der Waals surface area (Å²) >= 11 is 0. The number of alkyl halides is 3. The average Bonchev–Trinajstić information content (AvgIpc) is 2.75. The van der Waals surface area contributed by atoms with Gasteiger partial charge in [-0.15, -0.1) is 13.2 Å². The van der Waals surface area contributed by atoms with Crippen molar-refractivity contribution in [3.8, 4) is 5.75 Å². The lowest BCUT2D eigenvalue weighted by molar-refractivity contribution is -0.274. The molecule has 1 fully saturated rings. The van der Waals surface area contributed by atoms with E-state index >= 15 is 0 Å². The molecule has 0 aliphatic carbocycles. The number of benzene rings is 2. The van der Waals surface area contributed by atoms with Crippen molar-refractivity contribution in [3.05, 3.63) is 60.2 Å². The molecule has 0 bridgehead atoms. The molecule has 0 saturated carbocycles. The summed E-state index contributed by atoms with van der Waals surface area (Å²) in [5.74, 6) is -0.865. The highest BCUT2D eigenvalue weighted by molar-refractivity contribution is 5.92. The number of hydrogen-bond acceptors (Lipinski definition) is 4. The van der Waals surface area contributed by atoms with E-state index in [-0.39, 0.29) is 24.2 Å². The van der Waals surface area contributed by atoms with Crippen molar-refractivity contribution in [2.75, 3.05) is 38.2 Å². The van der Waals surface area contributed by atoms with Gasteiger partial charge in [-0.25, -0.2) is 0 Å². The van der Waals surface area contributed by atoms with Crippen LogP contribution in [-0.4, -0.2) is 56.0 Å². The highest BCUT2D eigenvalue weighted by atomic mass is 19.4. The van der Waals surface area contributed by atoms with Crippen molar-refractivity contribution in [2.45, 2.75) is 12.3 Å². The molecule has 166 valence electrons. The molecule has 3 rings (SSSR count). The number of aliphatic imine (C=N–C) groups is 1. The van der Waals surface area contributed by atoms with Crippen molar-refractivity contribution in [3.63, 3.8) is 0 Å². The van der Waals surface area contributed by atoms with Crippen molar-refractivity contribution >= 4 is 17.6 Å². The number of halogens is 3. The van der Waals surface area contributed by atoms with Gasteiger partial charge in [-0.3, -0.25) is 9.79 Å². The topological polar surface area (TPSA) is 89.2 Å². The monoisotopic (exact) mass is 436 g/mol. The number of carbonyl (C=O) groups excluding carboxylic acids is 1. The SMILES string of the molecule is NC(=NCC(C(=O)N1CCOCC1)c1ccccc1)Nc1ccc(OC(F)(F)F)cc1. The number of ether oxygens (including phenoxy) is 2. The van der Waals surface area contributed by atoms with Gasteiger partial charge >= 0.3 is 6.36 Å². The molecule has 31 heavy (non-hydrogen) atoms. The lowest BCUT2D eigenvalue weighted by Gasteiger charge is -2.30. The molecular weight excluding hydrogens is 413 g/mol. The van der Waals surface area contributed by atoms with Crippen molar-refractivity contribution < 1.29 is 27.4 Å². The van der Waals surface area contributed by atoms with Gasteiger partial charge in [0.15, 0.2) is 5.96 Å². The van der Waals surface area contributed by atoms with Crippen LogP contribution < -0.4 is 15.8 Å². The molecule has 0 spiro atoms. The Morgan fingerprint density at radius 2 is 1.77 bits per heavy atom. The zero-order valence-electron chi connectivity index (χ0n) is 16.6. The number of rotatable bonds is 6. The quantitative estimate of drug-likeness (QED) is 0.537. The van der Waals surface area contributed by atoms with Crippen LogP contribution in [0.25, 0.3) is 0 Å². The van der Waals surface area contributed by atoms with E-state index < -0.39 is 12.3 Å². The smallest absolute Gasteiger partial charge is 0.406 e. The number of guanidine groups is 1. The summed E-state index contributed by atoms with van der Waals surface area (Å²) < 4.78 is 45.9. The van der Waals surface area contributed by atoms with Gasteiger partial charge in [0.25, 0.3) is 0 Å². The second-order valence-corrected chi connectivity index (χ2v) is 6.82. The molecule has 1 aliphatic heterocycles. The first-order chi connectivity index (χ1) is 14.8. The van der Waals surface area contributed by atoms with Crippen molar-refractivity contribution in [1.82, 2.24) is 4.90 Å². The van der Waals surface area contributed by atoms with Gasteiger partial charge in [0.1, 0.15) is 5.75 Å². The molecule has 1 heterocycles. The fraction of sp³-hybridized carbons (Fsp3) is 0.333. The molecule has 10 heteroatoms. The van der Waals surface area contributed by atoms with E-state index in [1.807, 2.05) is 30.3 Å². The van der Waals surface area contributed by atoms with Crippen LogP contribution in [0.15, 0.2) is 59.6 Å². The number of amides is 1. The third-order valence-corrected chi connectivity index (χ3v) is 4.63. The third kappa shape index (κ3) is 6.88. The second kappa shape index (κ2) is 10.2. The fourth-order valence-electron chi connectivity index (χ4n) is 3.13. The number of nitrogens with zero attached hydrogens (tertiary/aromatic N) is 2. The second-order valence-electron chi connectivity index (χ2n) is 6.82. The molecule has 1 aliphatic rings. The Morgan fingerprint density at radius 3 is 2.39 bits per heavy atom. The Kier molecular flexibility index (Phi) is 7.35. The fourth-order valence-corrected chi connectivity index (χ4v) is 3.13. The maximum absolute atomic E-state index is 13.1. The molecule has 1 saturated heterocycles. The number of nitrogens with one attached hydrogen (secondary N) is 1. The Hall–Kier alpha value is -3.27. The van der Waals surface area contributed by atoms with Gasteiger partial charge in [-0.05, 0) is 29.8 Å². The summed E-state index contributed by atoms with van der Waals surface area (Å²) in [4.78, 5) is 19.1. The molecule has 0 aromatic heterocycles. The first-order valence-electron chi connectivity index (χ1n) is 9.66. The summed E-state index contributed by atoms with van der Waals surface area (Å²) in [6.45, 7) is 2.15. The lowest BCUT2D eigenvalue weighted by atomic mass is 9.97. The highest BCUT2D eigenvalue weighted by Crippen LogP contribution is 2.24. The molecular formula is C21H23F3N4O3. The molecule has 7 nitrogen and oxygen atoms in total. The Bertz CT molecular complexity index is 883. The summed E-state index contributed by atoms with van der Waals surface area (Å²) in [6.07, 6.45) is -4.76. The largest absolute Gasteiger partial charge is 0.573 e. The molecule has 0 radical (unpaired) electrons. The summed E-state index contributed by atoms with van der Waals surface area (Å²) in [5.41, 5.74) is 7.19. The van der Waals surface area contributed by atoms with Crippen LogP contribution in [0, 0.1) is 0 Å². The van der Waals surface area contributed by atoms with Gasteiger partial charge in [0.05, 0.1) is 25.7 Å².